The van der Waals surface area contributed by atoms with Crippen molar-refractivity contribution in [2.75, 3.05) is 16.8 Å². The molecule has 0 saturated carbocycles. The molecule has 0 radical (unpaired) electrons. The molecule has 0 aromatic heterocycles. The van der Waals surface area contributed by atoms with Crippen LogP contribution in [0.5, 0.6) is 0 Å². The molecule has 1 N–H and O–H groups in total. The highest BCUT2D eigenvalue weighted by Gasteiger charge is 2.28. The van der Waals surface area contributed by atoms with Crippen molar-refractivity contribution in [3.8, 4) is 0 Å². The third-order valence-electron chi connectivity index (χ3n) is 2.91. The predicted molar refractivity (Wildman–Crippen MR) is 86.0 cm³/mol. The van der Waals surface area contributed by atoms with Gasteiger partial charge in [0.25, 0.3) is 0 Å². The van der Waals surface area contributed by atoms with Crippen molar-refractivity contribution in [2.45, 2.75) is 38.0 Å². The highest BCUT2D eigenvalue weighted by Crippen LogP contribution is 2.26. The van der Waals surface area contributed by atoms with Gasteiger partial charge in [0.1, 0.15) is 5.60 Å². The quantitative estimate of drug-likeness (QED) is 0.826. The van der Waals surface area contributed by atoms with E-state index in [2.05, 4.69) is 17.9 Å². The molecule has 114 valence electrons. The summed E-state index contributed by atoms with van der Waals surface area (Å²) in [5, 5.41) is 2.73. The summed E-state index contributed by atoms with van der Waals surface area (Å²) in [5.41, 5.74) is 0.800. The minimum atomic E-state index is -0.550. The van der Waals surface area contributed by atoms with Crippen LogP contribution in [0.4, 0.5) is 16.2 Å². The molecule has 1 aliphatic heterocycles. The van der Waals surface area contributed by atoms with E-state index in [0.717, 1.165) is 5.69 Å². The number of carbonyl (C=O) groups excluding carboxylic acids is 2. The second-order valence-corrected chi connectivity index (χ2v) is 6.77. The van der Waals surface area contributed by atoms with Gasteiger partial charge in [-0.15, -0.1) is 0 Å². The molecule has 0 spiro atoms. The van der Waals surface area contributed by atoms with Gasteiger partial charge in [0, 0.05) is 29.6 Å². The number of rotatable bonds is 2. The van der Waals surface area contributed by atoms with Crippen LogP contribution in [0.3, 0.4) is 0 Å². The molecule has 2 amide bonds. The Morgan fingerprint density at radius 1 is 1.43 bits per heavy atom. The van der Waals surface area contributed by atoms with Crippen LogP contribution in [0, 0.1) is 0 Å². The third-order valence-corrected chi connectivity index (χ3v) is 3.25. The number of carbonyl (C=O) groups is 2. The van der Waals surface area contributed by atoms with E-state index in [0.29, 0.717) is 18.7 Å². The molecule has 0 aliphatic carbocycles. The van der Waals surface area contributed by atoms with Crippen LogP contribution in [-0.2, 0) is 9.53 Å². The van der Waals surface area contributed by atoms with Crippen molar-refractivity contribution in [1.29, 1.82) is 0 Å². The number of ether oxygens (including phenoxy) is 1. The predicted octanol–water partition coefficient (Wildman–Crippen LogP) is 3.07. The van der Waals surface area contributed by atoms with Crippen molar-refractivity contribution < 1.29 is 14.3 Å². The first-order valence-corrected chi connectivity index (χ1v) is 7.35. The molecule has 1 atom stereocenters. The van der Waals surface area contributed by atoms with Gasteiger partial charge in [0.15, 0.2) is 0 Å². The molecule has 1 aliphatic rings. The molecule has 6 heteroatoms. The second-order valence-electron chi connectivity index (χ2n) is 6.04. The Hall–Kier alpha value is -1.69. The molecular weight excluding hydrogens is 288 g/mol. The molecule has 1 unspecified atom stereocenters. The van der Waals surface area contributed by atoms with Gasteiger partial charge >= 0.3 is 6.09 Å². The number of benzene rings is 1. The van der Waals surface area contributed by atoms with E-state index < -0.39 is 11.7 Å². The lowest BCUT2D eigenvalue weighted by Crippen LogP contribution is -2.27. The van der Waals surface area contributed by atoms with Gasteiger partial charge in [-0.25, -0.2) is 4.79 Å². The van der Waals surface area contributed by atoms with Crippen molar-refractivity contribution in [1.82, 2.24) is 0 Å². The number of hydrogen-bond acceptors (Lipinski definition) is 4. The lowest BCUT2D eigenvalue weighted by molar-refractivity contribution is -0.117. The van der Waals surface area contributed by atoms with Gasteiger partial charge in [-0.05, 0) is 39.0 Å². The molecular formula is C15H20N2O3S. The zero-order valence-corrected chi connectivity index (χ0v) is 13.3. The zero-order chi connectivity index (χ0) is 15.6. The van der Waals surface area contributed by atoms with Gasteiger partial charge in [-0.2, -0.15) is 12.6 Å². The maximum atomic E-state index is 11.9. The summed E-state index contributed by atoms with van der Waals surface area (Å²) in [6.45, 7) is 5.99. The van der Waals surface area contributed by atoms with Crippen LogP contribution < -0.4 is 10.2 Å². The van der Waals surface area contributed by atoms with Crippen molar-refractivity contribution >= 4 is 36.0 Å². The number of thiol groups is 1. The topological polar surface area (TPSA) is 58.6 Å². The molecule has 0 bridgehead atoms. The Morgan fingerprint density at radius 2 is 2.14 bits per heavy atom. The SMILES string of the molecule is CC(C)(C)OC(=O)Nc1cccc(N2CC(S)CC2=O)c1. The maximum absolute atomic E-state index is 11.9. The molecule has 1 fully saturated rings. The molecule has 21 heavy (non-hydrogen) atoms. The van der Waals surface area contributed by atoms with Gasteiger partial charge in [-0.1, -0.05) is 6.07 Å². The molecule has 1 aromatic carbocycles. The van der Waals surface area contributed by atoms with E-state index in [1.54, 1.807) is 43.9 Å². The standard InChI is InChI=1S/C15H20N2O3S/c1-15(2,3)20-14(19)16-10-5-4-6-11(7-10)17-9-12(21)8-13(17)18/h4-7,12,21H,8-9H2,1-3H3,(H,16,19). The number of nitrogens with one attached hydrogen (secondary N) is 1. The number of hydrogen-bond donors (Lipinski definition) is 2. The maximum Gasteiger partial charge on any atom is 0.412 e. The second kappa shape index (κ2) is 5.97. The number of amides is 2. The largest absolute Gasteiger partial charge is 0.444 e. The minimum absolute atomic E-state index is 0.0458. The van der Waals surface area contributed by atoms with E-state index in [1.807, 2.05) is 6.07 Å². The third kappa shape index (κ3) is 4.39. The highest BCUT2D eigenvalue weighted by atomic mass is 32.1. The van der Waals surface area contributed by atoms with Crippen LogP contribution in [0.25, 0.3) is 0 Å². The molecule has 1 saturated heterocycles. The fourth-order valence-electron chi connectivity index (χ4n) is 2.11. The van der Waals surface area contributed by atoms with Gasteiger partial charge in [-0.3, -0.25) is 10.1 Å². The molecule has 5 nitrogen and oxygen atoms in total. The summed E-state index contributed by atoms with van der Waals surface area (Å²) in [6.07, 6.45) is -0.0770. The molecule has 1 aromatic rings. The monoisotopic (exact) mass is 308 g/mol. The number of anilines is 2. The van der Waals surface area contributed by atoms with Crippen LogP contribution in [0.1, 0.15) is 27.2 Å². The summed E-state index contributed by atoms with van der Waals surface area (Å²) in [5.74, 6) is 0.0458. The van der Waals surface area contributed by atoms with E-state index >= 15 is 0 Å². The van der Waals surface area contributed by atoms with Crippen LogP contribution in [0.2, 0.25) is 0 Å². The van der Waals surface area contributed by atoms with Crippen LogP contribution >= 0.6 is 12.6 Å². The summed E-state index contributed by atoms with van der Waals surface area (Å²) >= 11 is 4.34. The average Bonchev–Trinajstić information content (AvgIpc) is 2.66. The van der Waals surface area contributed by atoms with E-state index in [9.17, 15) is 9.59 Å². The van der Waals surface area contributed by atoms with Gasteiger partial charge < -0.3 is 9.64 Å². The van der Waals surface area contributed by atoms with Gasteiger partial charge in [0.05, 0.1) is 0 Å². The first kappa shape index (κ1) is 15.7. The summed E-state index contributed by atoms with van der Waals surface area (Å²) in [4.78, 5) is 25.3. The number of nitrogens with zero attached hydrogens (tertiary/aromatic N) is 1. The van der Waals surface area contributed by atoms with E-state index in [1.165, 1.54) is 0 Å². The lowest BCUT2D eigenvalue weighted by Gasteiger charge is -2.20. The van der Waals surface area contributed by atoms with E-state index in [-0.39, 0.29) is 11.2 Å². The summed E-state index contributed by atoms with van der Waals surface area (Å²) in [7, 11) is 0. The summed E-state index contributed by atoms with van der Waals surface area (Å²) in [6, 6.07) is 7.14. The van der Waals surface area contributed by atoms with Crippen molar-refractivity contribution in [3.05, 3.63) is 24.3 Å². The fraction of sp³-hybridized carbons (Fsp3) is 0.467. The highest BCUT2D eigenvalue weighted by molar-refractivity contribution is 7.81. The first-order valence-electron chi connectivity index (χ1n) is 6.83. The Balaban J connectivity index is 2.08. The summed E-state index contributed by atoms with van der Waals surface area (Å²) < 4.78 is 5.20. The zero-order valence-electron chi connectivity index (χ0n) is 12.4. The molecule has 1 heterocycles. The minimum Gasteiger partial charge on any atom is -0.444 e. The smallest absolute Gasteiger partial charge is 0.412 e. The van der Waals surface area contributed by atoms with Crippen molar-refractivity contribution in [2.24, 2.45) is 0 Å². The van der Waals surface area contributed by atoms with Crippen LogP contribution in [-0.4, -0.2) is 29.4 Å². The van der Waals surface area contributed by atoms with Crippen molar-refractivity contribution in [3.63, 3.8) is 0 Å². The Bertz CT molecular complexity index is 554. The normalized spacial score (nSPS) is 18.8. The Morgan fingerprint density at radius 3 is 2.71 bits per heavy atom. The van der Waals surface area contributed by atoms with Crippen LogP contribution in [0.15, 0.2) is 24.3 Å². The Kier molecular flexibility index (Phi) is 4.46. The lowest BCUT2D eigenvalue weighted by atomic mass is 10.2. The molecule has 2 rings (SSSR count). The fourth-order valence-corrected chi connectivity index (χ4v) is 2.43. The van der Waals surface area contributed by atoms with Gasteiger partial charge in [0.2, 0.25) is 5.91 Å². The Labute approximate surface area is 130 Å². The average molecular weight is 308 g/mol. The first-order chi connectivity index (χ1) is 9.74. The van der Waals surface area contributed by atoms with E-state index in [4.69, 9.17) is 4.74 Å².